The number of hydrogen-bond donors (Lipinski definition) is 0. The molecule has 0 N–H and O–H groups in total. The van der Waals surface area contributed by atoms with E-state index in [9.17, 15) is 9.59 Å². The van der Waals surface area contributed by atoms with E-state index in [4.69, 9.17) is 9.47 Å². The van der Waals surface area contributed by atoms with Gasteiger partial charge < -0.3 is 14.3 Å². The van der Waals surface area contributed by atoms with Crippen LogP contribution in [0.4, 0.5) is 0 Å². The van der Waals surface area contributed by atoms with Crippen LogP contribution in [0.5, 0.6) is 0 Å². The van der Waals surface area contributed by atoms with Crippen molar-refractivity contribution < 1.29 is 19.1 Å². The molecule has 1 saturated heterocycles. The Morgan fingerprint density at radius 2 is 2.31 bits per heavy atom. The largest absolute Gasteiger partial charge is 0.346 e. The van der Waals surface area contributed by atoms with Crippen LogP contribution in [0.15, 0.2) is 0 Å². The summed E-state index contributed by atoms with van der Waals surface area (Å²) in [6, 6.07) is 0. The van der Waals surface area contributed by atoms with Crippen LogP contribution in [0, 0.1) is 5.92 Å². The molecule has 3 atom stereocenters. The molecule has 0 radical (unpaired) electrons. The molecule has 0 aromatic rings. The zero-order chi connectivity index (χ0) is 9.84. The molecule has 3 unspecified atom stereocenters. The molecule has 0 saturated carbocycles. The molecule has 0 spiro atoms. The van der Waals surface area contributed by atoms with Crippen molar-refractivity contribution in [3.05, 3.63) is 0 Å². The van der Waals surface area contributed by atoms with Crippen molar-refractivity contribution in [2.75, 3.05) is 6.61 Å². The molecule has 74 valence electrons. The minimum absolute atomic E-state index is 0.0775. The summed E-state index contributed by atoms with van der Waals surface area (Å²) in [5.74, 6) is 0.197. The number of carbonyl (C=O) groups is 2. The Kier molecular flexibility index (Phi) is 3.57. The Morgan fingerprint density at radius 3 is 2.77 bits per heavy atom. The number of ketones is 1. The fourth-order valence-electron chi connectivity index (χ4n) is 1.38. The first-order valence-electron chi connectivity index (χ1n) is 4.35. The van der Waals surface area contributed by atoms with Crippen molar-refractivity contribution in [2.45, 2.75) is 32.7 Å². The van der Waals surface area contributed by atoms with Crippen LogP contribution in [0.3, 0.4) is 0 Å². The number of carbonyl (C=O) groups excluding carboxylic acids is 2. The Balaban J connectivity index is 2.43. The zero-order valence-corrected chi connectivity index (χ0v) is 7.86. The molecule has 1 aliphatic heterocycles. The Labute approximate surface area is 77.2 Å². The fourth-order valence-corrected chi connectivity index (χ4v) is 1.38. The van der Waals surface area contributed by atoms with Crippen molar-refractivity contribution in [1.29, 1.82) is 0 Å². The first-order chi connectivity index (χ1) is 6.13. The standard InChI is InChI=1S/C9H14O4/c1-6(11)3-8-5-12-9(4-10)13-7(8)2/h4,7-9H,3,5H2,1-2H3. The third kappa shape index (κ3) is 2.90. The molecule has 4 nitrogen and oxygen atoms in total. The van der Waals surface area contributed by atoms with Crippen molar-refractivity contribution >= 4 is 12.1 Å². The molecule has 1 heterocycles. The maximum Gasteiger partial charge on any atom is 0.214 e. The summed E-state index contributed by atoms with van der Waals surface area (Å²) in [7, 11) is 0. The molecule has 0 aromatic carbocycles. The predicted molar refractivity (Wildman–Crippen MR) is 45.1 cm³/mol. The van der Waals surface area contributed by atoms with E-state index in [1.54, 1.807) is 6.92 Å². The van der Waals surface area contributed by atoms with Crippen molar-refractivity contribution in [3.63, 3.8) is 0 Å². The van der Waals surface area contributed by atoms with Crippen LogP contribution >= 0.6 is 0 Å². The molecular weight excluding hydrogens is 172 g/mol. The second kappa shape index (κ2) is 4.48. The van der Waals surface area contributed by atoms with Crippen LogP contribution in [0.2, 0.25) is 0 Å². The van der Waals surface area contributed by atoms with Crippen molar-refractivity contribution in [2.24, 2.45) is 5.92 Å². The normalized spacial score (nSPS) is 34.2. The monoisotopic (exact) mass is 186 g/mol. The topological polar surface area (TPSA) is 52.6 Å². The lowest BCUT2D eigenvalue weighted by atomic mass is 9.98. The van der Waals surface area contributed by atoms with E-state index in [2.05, 4.69) is 0 Å². The SMILES string of the molecule is CC(=O)CC1COC(C=O)OC1C. The summed E-state index contributed by atoms with van der Waals surface area (Å²) < 4.78 is 10.3. The van der Waals surface area contributed by atoms with Crippen LogP contribution in [0.1, 0.15) is 20.3 Å². The van der Waals surface area contributed by atoms with Gasteiger partial charge in [-0.05, 0) is 13.8 Å². The lowest BCUT2D eigenvalue weighted by Gasteiger charge is -2.31. The van der Waals surface area contributed by atoms with Crippen LogP contribution in [0.25, 0.3) is 0 Å². The highest BCUT2D eigenvalue weighted by Crippen LogP contribution is 2.20. The average Bonchev–Trinajstić information content (AvgIpc) is 2.08. The minimum atomic E-state index is -0.752. The predicted octanol–water partition coefficient (Wildman–Crippen LogP) is 0.542. The Hall–Kier alpha value is -0.740. The maximum absolute atomic E-state index is 10.8. The lowest BCUT2D eigenvalue weighted by molar-refractivity contribution is -0.218. The van der Waals surface area contributed by atoms with Gasteiger partial charge in [-0.2, -0.15) is 0 Å². The van der Waals surface area contributed by atoms with Gasteiger partial charge in [-0.3, -0.25) is 4.79 Å². The van der Waals surface area contributed by atoms with Gasteiger partial charge in [-0.25, -0.2) is 0 Å². The van der Waals surface area contributed by atoms with Gasteiger partial charge in [0.05, 0.1) is 12.7 Å². The van der Waals surface area contributed by atoms with E-state index in [1.165, 1.54) is 0 Å². The number of aldehydes is 1. The second-order valence-corrected chi connectivity index (χ2v) is 3.35. The van der Waals surface area contributed by atoms with E-state index in [-0.39, 0.29) is 17.8 Å². The summed E-state index contributed by atoms with van der Waals surface area (Å²) in [5.41, 5.74) is 0. The van der Waals surface area contributed by atoms with Crippen LogP contribution in [-0.4, -0.2) is 31.1 Å². The van der Waals surface area contributed by atoms with E-state index in [0.717, 1.165) is 0 Å². The molecule has 1 fully saturated rings. The number of ether oxygens (including phenoxy) is 2. The van der Waals surface area contributed by atoms with Gasteiger partial charge in [0, 0.05) is 12.3 Å². The molecular formula is C9H14O4. The minimum Gasteiger partial charge on any atom is -0.346 e. The summed E-state index contributed by atoms with van der Waals surface area (Å²) >= 11 is 0. The van der Waals surface area contributed by atoms with E-state index < -0.39 is 6.29 Å². The Bertz CT molecular complexity index is 202. The average molecular weight is 186 g/mol. The van der Waals surface area contributed by atoms with Gasteiger partial charge in [-0.1, -0.05) is 0 Å². The summed E-state index contributed by atoms with van der Waals surface area (Å²) in [5, 5.41) is 0. The molecule has 0 aliphatic carbocycles. The first-order valence-corrected chi connectivity index (χ1v) is 4.35. The quantitative estimate of drug-likeness (QED) is 0.604. The smallest absolute Gasteiger partial charge is 0.214 e. The third-order valence-electron chi connectivity index (χ3n) is 2.15. The van der Waals surface area contributed by atoms with Gasteiger partial charge in [0.15, 0.2) is 6.29 Å². The first kappa shape index (κ1) is 10.3. The van der Waals surface area contributed by atoms with Crippen molar-refractivity contribution in [1.82, 2.24) is 0 Å². The zero-order valence-electron chi connectivity index (χ0n) is 7.86. The van der Waals surface area contributed by atoms with E-state index in [0.29, 0.717) is 19.3 Å². The van der Waals surface area contributed by atoms with E-state index >= 15 is 0 Å². The molecule has 4 heteroatoms. The molecule has 13 heavy (non-hydrogen) atoms. The van der Waals surface area contributed by atoms with Crippen LogP contribution < -0.4 is 0 Å². The Morgan fingerprint density at radius 1 is 1.62 bits per heavy atom. The lowest BCUT2D eigenvalue weighted by Crippen LogP contribution is -2.39. The molecule has 0 amide bonds. The van der Waals surface area contributed by atoms with Gasteiger partial charge in [0.2, 0.25) is 6.29 Å². The molecule has 0 aromatic heterocycles. The summed E-state index contributed by atoms with van der Waals surface area (Å²) in [6.07, 6.45) is 0.235. The summed E-state index contributed by atoms with van der Waals surface area (Å²) in [4.78, 5) is 21.1. The number of rotatable bonds is 3. The van der Waals surface area contributed by atoms with Gasteiger partial charge in [-0.15, -0.1) is 0 Å². The third-order valence-corrected chi connectivity index (χ3v) is 2.15. The highest BCUT2D eigenvalue weighted by Gasteiger charge is 2.29. The highest BCUT2D eigenvalue weighted by atomic mass is 16.7. The second-order valence-electron chi connectivity index (χ2n) is 3.35. The maximum atomic E-state index is 10.8. The fraction of sp³-hybridized carbons (Fsp3) is 0.778. The molecule has 0 bridgehead atoms. The van der Waals surface area contributed by atoms with Crippen molar-refractivity contribution in [3.8, 4) is 0 Å². The van der Waals surface area contributed by atoms with Gasteiger partial charge in [0.1, 0.15) is 5.78 Å². The number of Topliss-reactive ketones (excluding diaryl/α,β-unsaturated/α-hetero) is 1. The summed E-state index contributed by atoms with van der Waals surface area (Å²) in [6.45, 7) is 3.81. The van der Waals surface area contributed by atoms with Gasteiger partial charge >= 0.3 is 0 Å². The number of hydrogen-bond acceptors (Lipinski definition) is 4. The highest BCUT2D eigenvalue weighted by molar-refractivity contribution is 5.75. The van der Waals surface area contributed by atoms with E-state index in [1.807, 2.05) is 6.92 Å². The molecule has 1 aliphatic rings. The molecule has 1 rings (SSSR count). The van der Waals surface area contributed by atoms with Crippen LogP contribution in [-0.2, 0) is 19.1 Å². The van der Waals surface area contributed by atoms with Gasteiger partial charge in [0.25, 0.3) is 0 Å².